The number of carbonyl (C=O) groups is 1. The van der Waals surface area contributed by atoms with Crippen molar-refractivity contribution in [1.29, 1.82) is 0 Å². The number of ether oxygens (including phenoxy) is 1. The van der Waals surface area contributed by atoms with E-state index in [9.17, 15) is 4.79 Å². The zero-order valence-corrected chi connectivity index (χ0v) is 12.6. The minimum atomic E-state index is -0.186. The molecule has 1 aromatic rings. The Balaban J connectivity index is 2.09. The van der Waals surface area contributed by atoms with Crippen molar-refractivity contribution in [1.82, 2.24) is 4.90 Å². The minimum Gasteiger partial charge on any atom is -0.482 e. The highest BCUT2D eigenvalue weighted by Gasteiger charge is 2.19. The molecule has 0 spiro atoms. The lowest BCUT2D eigenvalue weighted by Crippen LogP contribution is -2.28. The maximum atomic E-state index is 11.4. The Morgan fingerprint density at radius 3 is 2.76 bits per heavy atom. The Hall–Kier alpha value is -1.78. The molecule has 1 aliphatic rings. The van der Waals surface area contributed by atoms with Crippen LogP contribution in [-0.4, -0.2) is 37.0 Å². The van der Waals surface area contributed by atoms with E-state index in [1.165, 1.54) is 0 Å². The summed E-state index contributed by atoms with van der Waals surface area (Å²) in [5, 5.41) is 2.60. The summed E-state index contributed by atoms with van der Waals surface area (Å²) in [5.41, 5.74) is 1.62. The molecule has 1 N–H and O–H groups in total. The summed E-state index contributed by atoms with van der Waals surface area (Å²) >= 11 is 6.49. The Morgan fingerprint density at radius 2 is 2.10 bits per heavy atom. The van der Waals surface area contributed by atoms with Crippen molar-refractivity contribution in [3.63, 3.8) is 0 Å². The number of nitrogens with one attached hydrogen (secondary N) is 1. The third-order valence-electron chi connectivity index (χ3n) is 3.19. The number of alkyl halides is 1. The molecule has 0 radical (unpaired) electrons. The van der Waals surface area contributed by atoms with Crippen molar-refractivity contribution in [3.05, 3.63) is 49.1 Å². The van der Waals surface area contributed by atoms with Crippen molar-refractivity contribution in [3.8, 4) is 5.75 Å². The molecule has 1 amide bonds. The molecule has 5 heteroatoms. The topological polar surface area (TPSA) is 41.6 Å². The van der Waals surface area contributed by atoms with Gasteiger partial charge in [-0.3, -0.25) is 9.69 Å². The third-order valence-corrected chi connectivity index (χ3v) is 3.58. The lowest BCUT2D eigenvalue weighted by Gasteiger charge is -2.24. The van der Waals surface area contributed by atoms with E-state index in [1.807, 2.05) is 30.4 Å². The maximum absolute atomic E-state index is 11.4. The molecular weight excluding hydrogens is 288 g/mol. The summed E-state index contributed by atoms with van der Waals surface area (Å²) in [5.74, 6) is 0.530. The highest BCUT2D eigenvalue weighted by Crippen LogP contribution is 2.32. The number of fused-ring (bicyclic) bond motifs is 1. The first-order valence-electron chi connectivity index (χ1n) is 6.79. The summed E-state index contributed by atoms with van der Waals surface area (Å²) in [4.78, 5) is 13.5. The van der Waals surface area contributed by atoms with E-state index in [0.29, 0.717) is 18.0 Å². The second-order valence-electron chi connectivity index (χ2n) is 4.86. The average Bonchev–Trinajstić information content (AvgIpc) is 2.47. The van der Waals surface area contributed by atoms with Gasteiger partial charge in [-0.25, -0.2) is 0 Å². The molecular formula is C16H19ClN2O2. The largest absolute Gasteiger partial charge is 0.482 e. The molecule has 0 saturated carbocycles. The van der Waals surface area contributed by atoms with E-state index in [2.05, 4.69) is 23.4 Å². The molecule has 1 aliphatic heterocycles. The summed E-state index contributed by atoms with van der Waals surface area (Å²) in [7, 11) is 0. The Labute approximate surface area is 130 Å². The van der Waals surface area contributed by atoms with E-state index in [4.69, 9.17) is 16.3 Å². The number of carbonyl (C=O) groups excluding carboxylic acids is 1. The van der Waals surface area contributed by atoms with Crippen LogP contribution < -0.4 is 10.1 Å². The highest BCUT2D eigenvalue weighted by atomic mass is 35.5. The van der Waals surface area contributed by atoms with Crippen molar-refractivity contribution in [2.45, 2.75) is 5.38 Å². The molecule has 1 aromatic carbocycles. The van der Waals surface area contributed by atoms with Crippen LogP contribution in [0.5, 0.6) is 5.75 Å². The van der Waals surface area contributed by atoms with Crippen molar-refractivity contribution in [2.24, 2.45) is 0 Å². The molecule has 1 heterocycles. The zero-order chi connectivity index (χ0) is 15.2. The van der Waals surface area contributed by atoms with E-state index >= 15 is 0 Å². The summed E-state index contributed by atoms with van der Waals surface area (Å²) in [6, 6.07) is 5.63. The van der Waals surface area contributed by atoms with Crippen LogP contribution >= 0.6 is 11.6 Å². The van der Waals surface area contributed by atoms with Gasteiger partial charge in [0.25, 0.3) is 5.91 Å². The first-order valence-corrected chi connectivity index (χ1v) is 7.22. The Bertz CT molecular complexity index is 535. The van der Waals surface area contributed by atoms with Gasteiger partial charge >= 0.3 is 0 Å². The van der Waals surface area contributed by atoms with Crippen LogP contribution in [0.3, 0.4) is 0 Å². The molecule has 2 rings (SSSR count). The fourth-order valence-electron chi connectivity index (χ4n) is 2.22. The van der Waals surface area contributed by atoms with Gasteiger partial charge in [0.05, 0.1) is 11.1 Å². The Morgan fingerprint density at radius 1 is 1.38 bits per heavy atom. The molecule has 0 aliphatic carbocycles. The molecule has 21 heavy (non-hydrogen) atoms. The number of rotatable bonds is 7. The van der Waals surface area contributed by atoms with Gasteiger partial charge in [0, 0.05) is 19.6 Å². The number of hydrogen-bond donors (Lipinski definition) is 1. The van der Waals surface area contributed by atoms with Gasteiger partial charge in [-0.05, 0) is 17.7 Å². The SMILES string of the molecule is C=CCN(CC=C)CC(Cl)c1ccc2c(c1)NC(=O)CO2. The fraction of sp³-hybridized carbons (Fsp3) is 0.312. The number of nitrogens with zero attached hydrogens (tertiary/aromatic N) is 1. The van der Waals surface area contributed by atoms with Gasteiger partial charge in [-0.1, -0.05) is 18.2 Å². The molecule has 0 bridgehead atoms. The first kappa shape index (κ1) is 15.6. The van der Waals surface area contributed by atoms with E-state index < -0.39 is 0 Å². The van der Waals surface area contributed by atoms with Gasteiger partial charge in [0.15, 0.2) is 6.61 Å². The summed E-state index contributed by atoms with van der Waals surface area (Å²) in [6.45, 7) is 9.72. The predicted molar refractivity (Wildman–Crippen MR) is 86.0 cm³/mol. The fourth-order valence-corrected chi connectivity index (χ4v) is 2.55. The van der Waals surface area contributed by atoms with Crippen molar-refractivity contribution >= 4 is 23.2 Å². The van der Waals surface area contributed by atoms with Crippen LogP contribution in [0.25, 0.3) is 0 Å². The predicted octanol–water partition coefficient (Wildman–Crippen LogP) is 2.97. The summed E-state index contributed by atoms with van der Waals surface area (Å²) in [6.07, 6.45) is 3.68. The zero-order valence-electron chi connectivity index (χ0n) is 11.8. The van der Waals surface area contributed by atoms with Crippen molar-refractivity contribution in [2.75, 3.05) is 31.6 Å². The smallest absolute Gasteiger partial charge is 0.262 e. The maximum Gasteiger partial charge on any atom is 0.262 e. The van der Waals surface area contributed by atoms with Gasteiger partial charge in [-0.15, -0.1) is 24.8 Å². The van der Waals surface area contributed by atoms with Crippen LogP contribution in [0.2, 0.25) is 0 Å². The number of benzene rings is 1. The number of amides is 1. The normalized spacial score (nSPS) is 14.9. The van der Waals surface area contributed by atoms with Crippen molar-refractivity contribution < 1.29 is 9.53 Å². The van der Waals surface area contributed by atoms with Crippen LogP contribution in [0, 0.1) is 0 Å². The van der Waals surface area contributed by atoms with Crippen LogP contribution in [0.15, 0.2) is 43.5 Å². The van der Waals surface area contributed by atoms with Gasteiger partial charge in [0.1, 0.15) is 5.75 Å². The number of anilines is 1. The second-order valence-corrected chi connectivity index (χ2v) is 5.38. The summed E-state index contributed by atoms with van der Waals surface area (Å²) < 4.78 is 5.34. The van der Waals surface area contributed by atoms with E-state index in [0.717, 1.165) is 18.7 Å². The second kappa shape index (κ2) is 7.29. The van der Waals surface area contributed by atoms with Gasteiger partial charge < -0.3 is 10.1 Å². The highest BCUT2D eigenvalue weighted by molar-refractivity contribution is 6.21. The van der Waals surface area contributed by atoms with Crippen LogP contribution in [0.1, 0.15) is 10.9 Å². The monoisotopic (exact) mass is 306 g/mol. The molecule has 0 fully saturated rings. The quantitative estimate of drug-likeness (QED) is 0.622. The molecule has 1 unspecified atom stereocenters. The number of halogens is 1. The average molecular weight is 307 g/mol. The lowest BCUT2D eigenvalue weighted by molar-refractivity contribution is -0.118. The lowest BCUT2D eigenvalue weighted by atomic mass is 10.1. The third kappa shape index (κ3) is 4.09. The molecule has 0 aromatic heterocycles. The standard InChI is InChI=1S/C16H19ClN2O2/c1-3-7-19(8-4-2)10-13(17)12-5-6-15-14(9-12)18-16(20)11-21-15/h3-6,9,13H,1-2,7-8,10-11H2,(H,18,20). The van der Waals surface area contributed by atoms with Gasteiger partial charge in [-0.2, -0.15) is 0 Å². The molecule has 0 saturated heterocycles. The number of hydrogen-bond acceptors (Lipinski definition) is 3. The molecule has 112 valence electrons. The Kier molecular flexibility index (Phi) is 5.42. The molecule has 4 nitrogen and oxygen atoms in total. The minimum absolute atomic E-state index is 0.0586. The first-order chi connectivity index (χ1) is 10.1. The van der Waals surface area contributed by atoms with E-state index in [-0.39, 0.29) is 17.9 Å². The van der Waals surface area contributed by atoms with E-state index in [1.54, 1.807) is 0 Å². The van der Waals surface area contributed by atoms with Crippen LogP contribution in [0.4, 0.5) is 5.69 Å². The molecule has 1 atom stereocenters. The van der Waals surface area contributed by atoms with Gasteiger partial charge in [0.2, 0.25) is 0 Å². The van der Waals surface area contributed by atoms with Crippen LogP contribution in [-0.2, 0) is 4.79 Å².